The van der Waals surface area contributed by atoms with Crippen LogP contribution in [0.25, 0.3) is 0 Å². The predicted molar refractivity (Wildman–Crippen MR) is 106 cm³/mol. The molecule has 1 aliphatic rings. The van der Waals surface area contributed by atoms with E-state index < -0.39 is 0 Å². The van der Waals surface area contributed by atoms with Crippen molar-refractivity contribution in [3.05, 3.63) is 41.0 Å². The van der Waals surface area contributed by atoms with E-state index in [1.807, 2.05) is 32.0 Å². The number of aryl methyl sites for hydroxylation is 2. The third kappa shape index (κ3) is 6.64. The Kier molecular flexibility index (Phi) is 7.85. The molecule has 0 aromatic heterocycles. The van der Waals surface area contributed by atoms with Crippen LogP contribution in [-0.2, 0) is 9.59 Å². The third-order valence-corrected chi connectivity index (χ3v) is 4.73. The quantitative estimate of drug-likeness (QED) is 0.703. The van der Waals surface area contributed by atoms with Gasteiger partial charge in [-0.05, 0) is 64.1 Å². The molecule has 0 saturated carbocycles. The van der Waals surface area contributed by atoms with Gasteiger partial charge in [-0.25, -0.2) is 0 Å². The summed E-state index contributed by atoms with van der Waals surface area (Å²) in [5, 5.41) is 5.90. The Bertz CT molecular complexity index is 647. The van der Waals surface area contributed by atoms with Gasteiger partial charge in [0.25, 0.3) is 0 Å². The molecule has 0 saturated heterocycles. The highest BCUT2D eigenvalue weighted by Gasteiger charge is 2.13. The van der Waals surface area contributed by atoms with Gasteiger partial charge in [-0.15, -0.1) is 0 Å². The summed E-state index contributed by atoms with van der Waals surface area (Å²) in [7, 11) is 1.79. The molecule has 2 rings (SSSR count). The molecule has 0 fully saturated rings. The summed E-state index contributed by atoms with van der Waals surface area (Å²) in [6, 6.07) is 5.92. The summed E-state index contributed by atoms with van der Waals surface area (Å²) >= 11 is 0. The van der Waals surface area contributed by atoms with E-state index in [-0.39, 0.29) is 24.9 Å². The Morgan fingerprint density at radius 3 is 2.42 bits per heavy atom. The molecule has 1 aromatic carbocycles. The van der Waals surface area contributed by atoms with Gasteiger partial charge in [0.15, 0.2) is 0 Å². The number of nitrogens with zero attached hydrogens (tertiary/aromatic N) is 1. The second kappa shape index (κ2) is 10.1. The minimum Gasteiger partial charge on any atom is -0.355 e. The van der Waals surface area contributed by atoms with Crippen molar-refractivity contribution in [2.24, 2.45) is 0 Å². The fourth-order valence-corrected chi connectivity index (χ4v) is 3.29. The van der Waals surface area contributed by atoms with Crippen LogP contribution in [0.4, 0.5) is 5.69 Å². The molecule has 0 aliphatic heterocycles. The predicted octanol–water partition coefficient (Wildman–Crippen LogP) is 3.18. The Labute approximate surface area is 156 Å². The molecule has 26 heavy (non-hydrogen) atoms. The van der Waals surface area contributed by atoms with Crippen molar-refractivity contribution in [1.29, 1.82) is 0 Å². The lowest BCUT2D eigenvalue weighted by molar-refractivity contribution is -0.122. The van der Waals surface area contributed by atoms with Crippen molar-refractivity contribution in [2.45, 2.75) is 46.0 Å². The molecule has 0 radical (unpaired) electrons. The molecule has 5 nitrogen and oxygen atoms in total. The number of nitrogens with one attached hydrogen (secondary N) is 2. The van der Waals surface area contributed by atoms with Gasteiger partial charge in [0.2, 0.25) is 11.8 Å². The van der Waals surface area contributed by atoms with Crippen molar-refractivity contribution in [1.82, 2.24) is 10.2 Å². The van der Waals surface area contributed by atoms with Gasteiger partial charge >= 0.3 is 0 Å². The van der Waals surface area contributed by atoms with E-state index in [1.165, 1.54) is 24.8 Å². The van der Waals surface area contributed by atoms with Crippen LogP contribution in [-0.4, -0.2) is 43.4 Å². The second-order valence-corrected chi connectivity index (χ2v) is 7.20. The largest absolute Gasteiger partial charge is 0.355 e. The number of likely N-dealkylation sites (N-methyl/N-ethyl adjacent to an activating group) is 1. The number of benzene rings is 1. The Balaban J connectivity index is 1.70. The highest BCUT2D eigenvalue weighted by atomic mass is 16.2. The molecule has 0 unspecified atom stereocenters. The van der Waals surface area contributed by atoms with Crippen LogP contribution in [0.1, 0.15) is 43.2 Å². The minimum atomic E-state index is -0.106. The highest BCUT2D eigenvalue weighted by Crippen LogP contribution is 2.20. The van der Waals surface area contributed by atoms with E-state index in [9.17, 15) is 9.59 Å². The fourth-order valence-electron chi connectivity index (χ4n) is 3.29. The number of rotatable bonds is 8. The van der Waals surface area contributed by atoms with Crippen molar-refractivity contribution in [2.75, 3.05) is 32.0 Å². The standard InChI is InChI=1S/C21H31N3O2/c1-16-8-7-9-17(2)21(16)23-20(26)15-24(3)14-19(25)22-13-12-18-10-5-4-6-11-18/h7-10H,4-6,11-15H2,1-3H3,(H,22,25)(H,23,26). The van der Waals surface area contributed by atoms with Crippen LogP contribution >= 0.6 is 0 Å². The lowest BCUT2D eigenvalue weighted by Gasteiger charge is -2.18. The maximum Gasteiger partial charge on any atom is 0.238 e. The van der Waals surface area contributed by atoms with Gasteiger partial charge in [-0.2, -0.15) is 0 Å². The molecular formula is C21H31N3O2. The Morgan fingerprint density at radius 1 is 1.08 bits per heavy atom. The van der Waals surface area contributed by atoms with Crippen LogP contribution in [0.5, 0.6) is 0 Å². The van der Waals surface area contributed by atoms with Crippen LogP contribution in [0, 0.1) is 13.8 Å². The van der Waals surface area contributed by atoms with Gasteiger partial charge in [-0.3, -0.25) is 14.5 Å². The summed E-state index contributed by atoms with van der Waals surface area (Å²) in [6.45, 7) is 5.03. The summed E-state index contributed by atoms with van der Waals surface area (Å²) in [5.41, 5.74) is 4.39. The van der Waals surface area contributed by atoms with E-state index >= 15 is 0 Å². The maximum absolute atomic E-state index is 12.2. The Hall–Kier alpha value is -2.14. The zero-order valence-corrected chi connectivity index (χ0v) is 16.2. The molecule has 0 atom stereocenters. The topological polar surface area (TPSA) is 61.4 Å². The molecule has 1 aliphatic carbocycles. The lowest BCUT2D eigenvalue weighted by Crippen LogP contribution is -2.39. The zero-order valence-electron chi connectivity index (χ0n) is 16.2. The number of allylic oxidation sites excluding steroid dienone is 1. The molecule has 2 N–H and O–H groups in total. The summed E-state index contributed by atoms with van der Waals surface area (Å²) < 4.78 is 0. The number of hydrogen-bond donors (Lipinski definition) is 2. The molecular weight excluding hydrogens is 326 g/mol. The number of carbonyl (C=O) groups excluding carboxylic acids is 2. The summed E-state index contributed by atoms with van der Waals surface area (Å²) in [5.74, 6) is -0.145. The average molecular weight is 357 g/mol. The van der Waals surface area contributed by atoms with Gasteiger partial charge in [0, 0.05) is 12.2 Å². The molecule has 0 heterocycles. The van der Waals surface area contributed by atoms with E-state index in [0.29, 0.717) is 6.54 Å². The maximum atomic E-state index is 12.2. The first kappa shape index (κ1) is 20.2. The Morgan fingerprint density at radius 2 is 1.77 bits per heavy atom. The first-order chi connectivity index (χ1) is 12.5. The molecule has 2 amide bonds. The van der Waals surface area contributed by atoms with E-state index in [2.05, 4.69) is 16.7 Å². The smallest absolute Gasteiger partial charge is 0.238 e. The first-order valence-electron chi connectivity index (χ1n) is 9.45. The molecule has 0 bridgehead atoms. The molecule has 0 spiro atoms. The molecule has 5 heteroatoms. The SMILES string of the molecule is Cc1cccc(C)c1NC(=O)CN(C)CC(=O)NCCC1=CCCCC1. The minimum absolute atomic E-state index is 0.0382. The van der Waals surface area contributed by atoms with Crippen LogP contribution in [0.15, 0.2) is 29.8 Å². The second-order valence-electron chi connectivity index (χ2n) is 7.20. The van der Waals surface area contributed by atoms with Crippen molar-refractivity contribution >= 4 is 17.5 Å². The summed E-state index contributed by atoms with van der Waals surface area (Å²) in [4.78, 5) is 26.0. The number of para-hydroxylation sites is 1. The van der Waals surface area contributed by atoms with Gasteiger partial charge < -0.3 is 10.6 Å². The van der Waals surface area contributed by atoms with E-state index in [1.54, 1.807) is 11.9 Å². The van der Waals surface area contributed by atoms with Crippen LogP contribution in [0.2, 0.25) is 0 Å². The van der Waals surface area contributed by atoms with Gasteiger partial charge in [0.05, 0.1) is 13.1 Å². The molecule has 142 valence electrons. The monoisotopic (exact) mass is 357 g/mol. The first-order valence-corrected chi connectivity index (χ1v) is 9.45. The number of anilines is 1. The van der Waals surface area contributed by atoms with E-state index in [0.717, 1.165) is 29.7 Å². The van der Waals surface area contributed by atoms with Crippen LogP contribution < -0.4 is 10.6 Å². The van der Waals surface area contributed by atoms with Crippen molar-refractivity contribution in [3.8, 4) is 0 Å². The number of hydrogen-bond acceptors (Lipinski definition) is 3. The van der Waals surface area contributed by atoms with Crippen molar-refractivity contribution in [3.63, 3.8) is 0 Å². The number of amides is 2. The average Bonchev–Trinajstić information content (AvgIpc) is 2.59. The lowest BCUT2D eigenvalue weighted by atomic mass is 9.97. The van der Waals surface area contributed by atoms with Gasteiger partial charge in [-0.1, -0.05) is 29.8 Å². The van der Waals surface area contributed by atoms with E-state index in [4.69, 9.17) is 0 Å². The number of carbonyl (C=O) groups is 2. The van der Waals surface area contributed by atoms with Crippen LogP contribution in [0.3, 0.4) is 0 Å². The zero-order chi connectivity index (χ0) is 18.9. The highest BCUT2D eigenvalue weighted by molar-refractivity contribution is 5.94. The van der Waals surface area contributed by atoms with Gasteiger partial charge in [0.1, 0.15) is 0 Å². The summed E-state index contributed by atoms with van der Waals surface area (Å²) in [6.07, 6.45) is 8.11. The normalized spacial score (nSPS) is 14.1. The van der Waals surface area contributed by atoms with Crippen molar-refractivity contribution < 1.29 is 9.59 Å². The fraction of sp³-hybridized carbons (Fsp3) is 0.524. The molecule has 1 aromatic rings. The third-order valence-electron chi connectivity index (χ3n) is 4.73.